The van der Waals surface area contributed by atoms with Crippen LogP contribution in [-0.4, -0.2) is 5.91 Å². The lowest BCUT2D eigenvalue weighted by molar-refractivity contribution is -0.122. The van der Waals surface area contributed by atoms with Crippen LogP contribution >= 0.6 is 0 Å². The molecular weight excluding hydrogens is 318 g/mol. The normalized spacial score (nSPS) is 15.1. The summed E-state index contributed by atoms with van der Waals surface area (Å²) in [5.74, 6) is 0.369. The van der Waals surface area contributed by atoms with Crippen molar-refractivity contribution < 1.29 is 4.79 Å². The van der Waals surface area contributed by atoms with Crippen molar-refractivity contribution in [2.45, 2.75) is 39.0 Å². The van der Waals surface area contributed by atoms with Crippen LogP contribution in [0.15, 0.2) is 66.7 Å². The van der Waals surface area contributed by atoms with Gasteiger partial charge in [-0.15, -0.1) is 0 Å². The minimum Gasteiger partial charge on any atom is -0.280 e. The Kier molecular flexibility index (Phi) is 4.75. The topological polar surface area (TPSA) is 20.3 Å². The summed E-state index contributed by atoms with van der Waals surface area (Å²) >= 11 is 0. The number of carbonyl (C=O) groups is 1. The maximum Gasteiger partial charge on any atom is 0.234 e. The molecule has 0 bridgehead atoms. The van der Waals surface area contributed by atoms with Crippen molar-refractivity contribution in [3.05, 3.63) is 72.3 Å². The van der Waals surface area contributed by atoms with E-state index in [2.05, 4.69) is 55.5 Å². The van der Waals surface area contributed by atoms with E-state index in [1.165, 1.54) is 17.4 Å². The highest BCUT2D eigenvalue weighted by Crippen LogP contribution is 2.36. The van der Waals surface area contributed by atoms with Crippen LogP contribution in [0.5, 0.6) is 0 Å². The van der Waals surface area contributed by atoms with Crippen molar-refractivity contribution in [1.82, 2.24) is 0 Å². The minimum atomic E-state index is 0.129. The summed E-state index contributed by atoms with van der Waals surface area (Å²) in [6, 6.07) is 22.8. The van der Waals surface area contributed by atoms with Gasteiger partial charge in [-0.3, -0.25) is 9.69 Å². The molecule has 4 rings (SSSR count). The van der Waals surface area contributed by atoms with Crippen LogP contribution in [0.4, 0.5) is 11.4 Å². The first-order valence-corrected chi connectivity index (χ1v) is 9.62. The largest absolute Gasteiger partial charge is 0.280 e. The number of hydrogen-bond donors (Lipinski definition) is 0. The lowest BCUT2D eigenvalue weighted by Gasteiger charge is -2.30. The van der Waals surface area contributed by atoms with Gasteiger partial charge in [-0.2, -0.15) is 0 Å². The van der Waals surface area contributed by atoms with Gasteiger partial charge in [-0.1, -0.05) is 73.4 Å². The first kappa shape index (κ1) is 16.8. The molecule has 2 heteroatoms. The van der Waals surface area contributed by atoms with Gasteiger partial charge in [0.05, 0.1) is 5.69 Å². The maximum atomic E-state index is 13.6. The molecule has 0 N–H and O–H groups in total. The minimum absolute atomic E-state index is 0.129. The molecule has 0 radical (unpaired) electrons. The van der Waals surface area contributed by atoms with Gasteiger partial charge in [0, 0.05) is 17.0 Å². The zero-order valence-electron chi connectivity index (χ0n) is 15.3. The predicted molar refractivity (Wildman–Crippen MR) is 109 cm³/mol. The van der Waals surface area contributed by atoms with E-state index >= 15 is 0 Å². The first-order valence-electron chi connectivity index (χ1n) is 9.62. The van der Waals surface area contributed by atoms with E-state index < -0.39 is 0 Å². The van der Waals surface area contributed by atoms with Crippen molar-refractivity contribution in [2.24, 2.45) is 5.92 Å². The zero-order chi connectivity index (χ0) is 17.9. The van der Waals surface area contributed by atoms with Gasteiger partial charge in [0.25, 0.3) is 0 Å². The van der Waals surface area contributed by atoms with Gasteiger partial charge < -0.3 is 0 Å². The van der Waals surface area contributed by atoms with Crippen LogP contribution in [0.25, 0.3) is 10.8 Å². The molecule has 1 fully saturated rings. The molecule has 0 aromatic heterocycles. The van der Waals surface area contributed by atoms with Crippen molar-refractivity contribution in [1.29, 1.82) is 0 Å². The van der Waals surface area contributed by atoms with E-state index in [-0.39, 0.29) is 11.8 Å². The van der Waals surface area contributed by atoms with Gasteiger partial charge >= 0.3 is 0 Å². The summed E-state index contributed by atoms with van der Waals surface area (Å²) in [6.07, 6.45) is 5.59. The van der Waals surface area contributed by atoms with Crippen molar-refractivity contribution in [3.8, 4) is 0 Å². The number of hydrogen-bond acceptors (Lipinski definition) is 1. The third kappa shape index (κ3) is 3.24. The molecule has 26 heavy (non-hydrogen) atoms. The lowest BCUT2D eigenvalue weighted by atomic mass is 9.88. The highest BCUT2D eigenvalue weighted by Gasteiger charge is 2.28. The Morgan fingerprint density at radius 1 is 0.846 bits per heavy atom. The number of amides is 1. The molecule has 0 heterocycles. The summed E-state index contributed by atoms with van der Waals surface area (Å²) in [5.41, 5.74) is 3.15. The van der Waals surface area contributed by atoms with Gasteiger partial charge in [-0.05, 0) is 43.4 Å². The Morgan fingerprint density at radius 2 is 1.54 bits per heavy atom. The fraction of sp³-hybridized carbons (Fsp3) is 0.292. The van der Waals surface area contributed by atoms with Gasteiger partial charge in [0.1, 0.15) is 0 Å². The van der Waals surface area contributed by atoms with Crippen molar-refractivity contribution in [2.75, 3.05) is 4.90 Å². The van der Waals surface area contributed by atoms with Gasteiger partial charge in [0.2, 0.25) is 5.91 Å². The highest BCUT2D eigenvalue weighted by molar-refractivity contribution is 6.09. The van der Waals surface area contributed by atoms with Crippen molar-refractivity contribution in [3.63, 3.8) is 0 Å². The van der Waals surface area contributed by atoms with Crippen molar-refractivity contribution >= 4 is 28.1 Å². The number of carbonyl (C=O) groups excluding carboxylic acids is 1. The summed E-state index contributed by atoms with van der Waals surface area (Å²) in [6.45, 7) is 2.08. The summed E-state index contributed by atoms with van der Waals surface area (Å²) in [4.78, 5) is 15.5. The molecule has 0 saturated heterocycles. The summed E-state index contributed by atoms with van der Waals surface area (Å²) in [5, 5.41) is 2.29. The maximum absolute atomic E-state index is 13.6. The van der Waals surface area contributed by atoms with E-state index in [0.29, 0.717) is 0 Å². The Labute approximate surface area is 155 Å². The number of rotatable bonds is 3. The second-order valence-electron chi connectivity index (χ2n) is 7.34. The quantitative estimate of drug-likeness (QED) is 0.539. The standard InChI is InChI=1S/C24H25NO/c1-18-14-16-21(17-15-18)25(24(26)20-9-3-2-4-10-20)23-13-7-11-19-8-5-6-12-22(19)23/h5-8,11-17,20H,2-4,9-10H2,1H3. The summed E-state index contributed by atoms with van der Waals surface area (Å²) in [7, 11) is 0. The highest BCUT2D eigenvalue weighted by atomic mass is 16.2. The zero-order valence-corrected chi connectivity index (χ0v) is 15.3. The molecule has 1 aliphatic rings. The third-order valence-electron chi connectivity index (χ3n) is 5.47. The second-order valence-corrected chi connectivity index (χ2v) is 7.34. The molecule has 0 spiro atoms. The lowest BCUT2D eigenvalue weighted by Crippen LogP contribution is -2.33. The number of fused-ring (bicyclic) bond motifs is 1. The molecule has 132 valence electrons. The Balaban J connectivity index is 1.84. The van der Waals surface area contributed by atoms with Gasteiger partial charge in [-0.25, -0.2) is 0 Å². The smallest absolute Gasteiger partial charge is 0.234 e. The average molecular weight is 343 g/mol. The molecule has 3 aromatic rings. The summed E-state index contributed by atoms with van der Waals surface area (Å²) < 4.78 is 0. The van der Waals surface area contributed by atoms with E-state index in [1.54, 1.807) is 0 Å². The number of nitrogens with zero attached hydrogens (tertiary/aromatic N) is 1. The molecule has 2 nitrogen and oxygen atoms in total. The van der Waals surface area contributed by atoms with Crippen LogP contribution in [-0.2, 0) is 4.79 Å². The van der Waals surface area contributed by atoms with E-state index in [4.69, 9.17) is 0 Å². The molecular formula is C24H25NO. The average Bonchev–Trinajstić information content (AvgIpc) is 2.70. The number of benzene rings is 3. The number of aryl methyl sites for hydroxylation is 1. The SMILES string of the molecule is Cc1ccc(N(C(=O)C2CCCCC2)c2cccc3ccccc23)cc1. The van der Waals surface area contributed by atoms with E-state index in [9.17, 15) is 4.79 Å². The van der Waals surface area contributed by atoms with Crippen LogP contribution in [0.2, 0.25) is 0 Å². The number of anilines is 2. The monoisotopic (exact) mass is 343 g/mol. The molecule has 0 aliphatic heterocycles. The van der Waals surface area contributed by atoms with Crippen LogP contribution in [0.1, 0.15) is 37.7 Å². The van der Waals surface area contributed by atoms with Crippen LogP contribution in [0.3, 0.4) is 0 Å². The van der Waals surface area contributed by atoms with E-state index in [0.717, 1.165) is 42.4 Å². The van der Waals surface area contributed by atoms with Crippen LogP contribution < -0.4 is 4.90 Å². The van der Waals surface area contributed by atoms with E-state index in [1.807, 2.05) is 23.1 Å². The Morgan fingerprint density at radius 3 is 2.31 bits per heavy atom. The molecule has 3 aromatic carbocycles. The Bertz CT molecular complexity index is 902. The predicted octanol–water partition coefficient (Wildman–Crippen LogP) is 6.39. The molecule has 1 aliphatic carbocycles. The molecule has 1 amide bonds. The molecule has 0 unspecified atom stereocenters. The second kappa shape index (κ2) is 7.33. The first-order chi connectivity index (χ1) is 12.7. The van der Waals surface area contributed by atoms with Crippen LogP contribution in [0, 0.1) is 12.8 Å². The fourth-order valence-corrected chi connectivity index (χ4v) is 4.01. The van der Waals surface area contributed by atoms with Gasteiger partial charge in [0.15, 0.2) is 0 Å². The Hall–Kier alpha value is -2.61. The molecule has 1 saturated carbocycles. The third-order valence-corrected chi connectivity index (χ3v) is 5.47. The fourth-order valence-electron chi connectivity index (χ4n) is 4.01. The molecule has 0 atom stereocenters.